The minimum Gasteiger partial charge on any atom is -0.493 e. The monoisotopic (exact) mass is 640 g/mol. The lowest BCUT2D eigenvalue weighted by molar-refractivity contribution is -0.176. The normalized spacial score (nSPS) is 22.0. The molecule has 4 rings (SSSR count). The van der Waals surface area contributed by atoms with Crippen molar-refractivity contribution in [1.29, 1.82) is 0 Å². The predicted octanol–water partition coefficient (Wildman–Crippen LogP) is 3.17. The fraction of sp³-hybridized carbons (Fsp3) is 0.515. The number of esters is 4. The highest BCUT2D eigenvalue weighted by Crippen LogP contribution is 2.31. The summed E-state index contributed by atoms with van der Waals surface area (Å²) in [5.74, 6) is -5.18. The van der Waals surface area contributed by atoms with Crippen LogP contribution in [0.15, 0.2) is 42.6 Å². The number of benzene rings is 1. The summed E-state index contributed by atoms with van der Waals surface area (Å²) < 4.78 is 33.1. The maximum atomic E-state index is 13.5. The molecule has 1 N–H and O–H groups in total. The molecule has 248 valence electrons. The first-order chi connectivity index (χ1) is 22.1. The van der Waals surface area contributed by atoms with Crippen LogP contribution in [0.2, 0.25) is 0 Å². The number of ether oxygens (including phenoxy) is 6. The van der Waals surface area contributed by atoms with Crippen molar-refractivity contribution in [1.82, 2.24) is 10.3 Å². The maximum absolute atomic E-state index is 13.5. The van der Waals surface area contributed by atoms with Crippen molar-refractivity contribution in [2.24, 2.45) is 17.8 Å². The number of hydrogen-bond acceptors (Lipinski definition) is 12. The van der Waals surface area contributed by atoms with Crippen molar-refractivity contribution in [3.63, 3.8) is 0 Å². The van der Waals surface area contributed by atoms with Gasteiger partial charge in [-0.2, -0.15) is 0 Å². The van der Waals surface area contributed by atoms with Crippen LogP contribution in [0.3, 0.4) is 0 Å². The summed E-state index contributed by atoms with van der Waals surface area (Å²) in [7, 11) is 1.36. The Hall–Kier alpha value is -4.68. The van der Waals surface area contributed by atoms with Crippen LogP contribution in [-0.2, 0) is 44.5 Å². The van der Waals surface area contributed by atoms with Gasteiger partial charge in [-0.25, -0.2) is 9.78 Å². The van der Waals surface area contributed by atoms with Crippen molar-refractivity contribution in [3.8, 4) is 11.5 Å². The molecule has 1 aromatic carbocycles. The molecule has 46 heavy (non-hydrogen) atoms. The number of nitrogens with one attached hydrogen (secondary N) is 1. The molecular weight excluding hydrogens is 600 g/mol. The Balaban J connectivity index is 1.52. The van der Waals surface area contributed by atoms with Gasteiger partial charge in [0.25, 0.3) is 5.91 Å². The van der Waals surface area contributed by atoms with Crippen molar-refractivity contribution >= 4 is 29.8 Å². The van der Waals surface area contributed by atoms with Gasteiger partial charge in [0.1, 0.15) is 18.6 Å². The van der Waals surface area contributed by atoms with Crippen LogP contribution in [0.25, 0.3) is 0 Å². The number of aromatic nitrogens is 1. The highest BCUT2D eigenvalue weighted by molar-refractivity contribution is 5.98. The predicted molar refractivity (Wildman–Crippen MR) is 160 cm³/mol. The van der Waals surface area contributed by atoms with E-state index < -0.39 is 73.3 Å². The molecule has 0 bridgehead atoms. The molecule has 2 heterocycles. The first-order valence-electron chi connectivity index (χ1n) is 15.3. The van der Waals surface area contributed by atoms with E-state index in [1.165, 1.54) is 26.3 Å². The van der Waals surface area contributed by atoms with E-state index in [2.05, 4.69) is 10.3 Å². The molecule has 2 aromatic rings. The quantitative estimate of drug-likeness (QED) is 0.217. The summed E-state index contributed by atoms with van der Waals surface area (Å²) in [4.78, 5) is 69.3. The lowest BCUT2D eigenvalue weighted by Gasteiger charge is -2.29. The number of amides is 1. The zero-order valence-electron chi connectivity index (χ0n) is 26.4. The molecule has 1 saturated carbocycles. The van der Waals surface area contributed by atoms with E-state index in [1.807, 2.05) is 30.3 Å². The molecular formula is C33H40N2O11. The third-order valence-electron chi connectivity index (χ3n) is 7.86. The van der Waals surface area contributed by atoms with E-state index in [-0.39, 0.29) is 29.5 Å². The minimum atomic E-state index is -1.45. The average molecular weight is 641 g/mol. The van der Waals surface area contributed by atoms with Crippen molar-refractivity contribution in [3.05, 3.63) is 53.9 Å². The molecule has 0 radical (unpaired) electrons. The van der Waals surface area contributed by atoms with Crippen molar-refractivity contribution in [2.75, 3.05) is 20.5 Å². The van der Waals surface area contributed by atoms with Crippen molar-refractivity contribution < 1.29 is 52.4 Å². The molecule has 13 nitrogen and oxygen atoms in total. The van der Waals surface area contributed by atoms with Crippen LogP contribution >= 0.6 is 0 Å². The molecule has 1 amide bonds. The second-order valence-electron chi connectivity index (χ2n) is 11.5. The number of hydrogen-bond donors (Lipinski definition) is 1. The number of carbonyl (C=O) groups is 5. The van der Waals surface area contributed by atoms with Gasteiger partial charge < -0.3 is 33.7 Å². The third-order valence-corrected chi connectivity index (χ3v) is 7.86. The standard InChI is InChI=1S/C33H40N2O11/c1-19(2)30(37)46-27-20(3)45-33(40)24(17-42-32(39)23(27)16-21-10-6-5-7-11-21)35-29(36)26-28(25(41-4)14-15-34-26)43-18-44-31(38)22-12-8-9-13-22/h5-7,10-11,14-15,19-20,22-24,27H,8-9,12-13,16-18H2,1-4H3,(H,35,36). The molecule has 1 aliphatic heterocycles. The highest BCUT2D eigenvalue weighted by Gasteiger charge is 2.42. The zero-order valence-corrected chi connectivity index (χ0v) is 26.4. The molecule has 2 aliphatic rings. The molecule has 0 spiro atoms. The van der Waals surface area contributed by atoms with E-state index in [9.17, 15) is 24.0 Å². The molecule has 1 saturated heterocycles. The third kappa shape index (κ3) is 8.73. The van der Waals surface area contributed by atoms with Gasteiger partial charge in [-0.1, -0.05) is 57.0 Å². The Morgan fingerprint density at radius 1 is 1.04 bits per heavy atom. The Morgan fingerprint density at radius 2 is 1.76 bits per heavy atom. The number of cyclic esters (lactones) is 2. The van der Waals surface area contributed by atoms with E-state index >= 15 is 0 Å². The second-order valence-corrected chi connectivity index (χ2v) is 11.5. The minimum absolute atomic E-state index is 0.118. The van der Waals surface area contributed by atoms with Gasteiger partial charge in [0.15, 0.2) is 29.3 Å². The SMILES string of the molecule is COc1ccnc(C(=O)NC2COC(=O)C(Cc3ccccc3)C(OC(=O)C(C)C)C(C)OC2=O)c1OCOC(=O)C1CCCC1. The van der Waals surface area contributed by atoms with E-state index in [0.717, 1.165) is 31.2 Å². The van der Waals surface area contributed by atoms with Crippen LogP contribution in [0, 0.1) is 17.8 Å². The Kier molecular flexibility index (Phi) is 11.9. The number of pyridine rings is 1. The lowest BCUT2D eigenvalue weighted by Crippen LogP contribution is -2.47. The largest absolute Gasteiger partial charge is 0.493 e. The lowest BCUT2D eigenvalue weighted by atomic mass is 9.91. The van der Waals surface area contributed by atoms with Gasteiger partial charge in [-0.05, 0) is 31.7 Å². The van der Waals surface area contributed by atoms with Crippen LogP contribution in [0.5, 0.6) is 11.5 Å². The molecule has 1 aliphatic carbocycles. The first-order valence-corrected chi connectivity index (χ1v) is 15.3. The summed E-state index contributed by atoms with van der Waals surface area (Å²) in [5.41, 5.74) is 0.511. The van der Waals surface area contributed by atoms with Gasteiger partial charge in [0, 0.05) is 12.3 Å². The van der Waals surface area contributed by atoms with Gasteiger partial charge in [0.05, 0.1) is 18.9 Å². The summed E-state index contributed by atoms with van der Waals surface area (Å²) in [6.07, 6.45) is 2.62. The van der Waals surface area contributed by atoms with E-state index in [1.54, 1.807) is 13.8 Å². The first kappa shape index (κ1) is 34.2. The topological polar surface area (TPSA) is 166 Å². The van der Waals surface area contributed by atoms with Gasteiger partial charge in [-0.3, -0.25) is 19.2 Å². The van der Waals surface area contributed by atoms with Crippen LogP contribution in [0.4, 0.5) is 0 Å². The van der Waals surface area contributed by atoms with Crippen LogP contribution < -0.4 is 14.8 Å². The van der Waals surface area contributed by atoms with Crippen LogP contribution in [-0.4, -0.2) is 73.5 Å². The molecule has 2 fully saturated rings. The maximum Gasteiger partial charge on any atom is 0.332 e. The number of rotatable bonds is 11. The number of methoxy groups -OCH3 is 1. The summed E-state index contributed by atoms with van der Waals surface area (Å²) in [5, 5.41) is 2.49. The second kappa shape index (κ2) is 16.1. The zero-order chi connectivity index (χ0) is 33.2. The van der Waals surface area contributed by atoms with Crippen LogP contribution in [0.1, 0.15) is 62.5 Å². The number of carbonyl (C=O) groups excluding carboxylic acids is 5. The fourth-order valence-corrected chi connectivity index (χ4v) is 5.30. The van der Waals surface area contributed by atoms with E-state index in [0.29, 0.717) is 0 Å². The van der Waals surface area contributed by atoms with E-state index in [4.69, 9.17) is 28.4 Å². The Bertz CT molecular complexity index is 1390. The molecule has 13 heteroatoms. The smallest absolute Gasteiger partial charge is 0.332 e. The highest BCUT2D eigenvalue weighted by atomic mass is 16.7. The summed E-state index contributed by atoms with van der Waals surface area (Å²) in [6.45, 7) is 3.75. The van der Waals surface area contributed by atoms with Gasteiger partial charge in [-0.15, -0.1) is 0 Å². The van der Waals surface area contributed by atoms with Gasteiger partial charge >= 0.3 is 23.9 Å². The fourth-order valence-electron chi connectivity index (χ4n) is 5.30. The Morgan fingerprint density at radius 3 is 2.43 bits per heavy atom. The average Bonchev–Trinajstić information content (AvgIpc) is 3.60. The Labute approximate surface area is 267 Å². The number of nitrogens with zero attached hydrogens (tertiary/aromatic N) is 1. The molecule has 4 unspecified atom stereocenters. The van der Waals surface area contributed by atoms with Gasteiger partial charge in [0.2, 0.25) is 6.79 Å². The van der Waals surface area contributed by atoms with Crippen molar-refractivity contribution in [2.45, 2.75) is 71.1 Å². The molecule has 4 atom stereocenters. The summed E-state index contributed by atoms with van der Waals surface area (Å²) >= 11 is 0. The molecule has 1 aromatic heterocycles. The summed E-state index contributed by atoms with van der Waals surface area (Å²) in [6, 6.07) is 9.09.